The lowest BCUT2D eigenvalue weighted by molar-refractivity contribution is -0.116. The molecule has 0 atom stereocenters. The highest BCUT2D eigenvalue weighted by atomic mass is 32.1. The molecule has 1 N–H and O–H groups in total. The maximum Gasteiger partial charge on any atom is 0.226 e. The summed E-state index contributed by atoms with van der Waals surface area (Å²) in [5, 5.41) is 9.61. The molecule has 6 heteroatoms. The third kappa shape index (κ3) is 4.58. The Labute approximate surface area is 158 Å². The van der Waals surface area contributed by atoms with Crippen molar-refractivity contribution in [3.63, 3.8) is 0 Å². The van der Waals surface area contributed by atoms with Crippen molar-refractivity contribution in [1.29, 1.82) is 0 Å². The largest absolute Gasteiger partial charge is 0.302 e. The summed E-state index contributed by atoms with van der Waals surface area (Å²) < 4.78 is 1.74. The summed E-state index contributed by atoms with van der Waals surface area (Å²) in [6.45, 7) is 6.60. The normalized spacial score (nSPS) is 11.5. The van der Waals surface area contributed by atoms with Crippen molar-refractivity contribution in [3.8, 4) is 11.3 Å². The third-order valence-electron chi connectivity index (χ3n) is 4.20. The van der Waals surface area contributed by atoms with Crippen molar-refractivity contribution in [2.75, 3.05) is 5.32 Å². The fraction of sp³-hybridized carbons (Fsp3) is 0.350. The van der Waals surface area contributed by atoms with Gasteiger partial charge in [0, 0.05) is 30.6 Å². The number of anilines is 1. The van der Waals surface area contributed by atoms with Gasteiger partial charge in [-0.15, -0.1) is 11.3 Å². The Hall–Kier alpha value is -2.47. The molecular formula is C20H24N4OS. The summed E-state index contributed by atoms with van der Waals surface area (Å²) in [6, 6.07) is 8.45. The SMILES string of the molecule is Cn1cc(CCC(=O)Nc2nc(-c3ccc(C(C)(C)C)cc3)cs2)cn1. The van der Waals surface area contributed by atoms with E-state index in [9.17, 15) is 4.79 Å². The zero-order valence-electron chi connectivity index (χ0n) is 15.6. The number of nitrogens with zero attached hydrogens (tertiary/aromatic N) is 3. The highest BCUT2D eigenvalue weighted by molar-refractivity contribution is 7.14. The lowest BCUT2D eigenvalue weighted by atomic mass is 9.86. The molecule has 0 aliphatic heterocycles. The molecule has 0 saturated heterocycles. The lowest BCUT2D eigenvalue weighted by Crippen LogP contribution is -2.12. The van der Waals surface area contributed by atoms with Crippen LogP contribution in [0.1, 0.15) is 38.3 Å². The first-order valence-corrected chi connectivity index (χ1v) is 9.53. The fourth-order valence-electron chi connectivity index (χ4n) is 2.65. The van der Waals surface area contributed by atoms with Gasteiger partial charge in [0.1, 0.15) is 0 Å². The van der Waals surface area contributed by atoms with E-state index in [-0.39, 0.29) is 11.3 Å². The summed E-state index contributed by atoms with van der Waals surface area (Å²) in [4.78, 5) is 16.7. The predicted molar refractivity (Wildman–Crippen MR) is 106 cm³/mol. The third-order valence-corrected chi connectivity index (χ3v) is 4.95. The molecule has 0 aliphatic carbocycles. The average Bonchev–Trinajstić information content (AvgIpc) is 3.21. The standard InChI is InChI=1S/C20H24N4OS/c1-20(2,3)16-8-6-15(7-9-16)17-13-26-19(22-17)23-18(25)10-5-14-11-21-24(4)12-14/h6-9,11-13H,5,10H2,1-4H3,(H,22,23,25). The second-order valence-electron chi connectivity index (χ2n) is 7.44. The number of thiazole rings is 1. The van der Waals surface area contributed by atoms with Crippen LogP contribution in [0.15, 0.2) is 42.0 Å². The second-order valence-corrected chi connectivity index (χ2v) is 8.29. The first-order valence-electron chi connectivity index (χ1n) is 8.65. The number of hydrogen-bond acceptors (Lipinski definition) is 4. The maximum absolute atomic E-state index is 12.1. The van der Waals surface area contributed by atoms with Gasteiger partial charge in [-0.3, -0.25) is 9.48 Å². The molecule has 5 nitrogen and oxygen atoms in total. The molecule has 1 aromatic carbocycles. The number of rotatable bonds is 5. The van der Waals surface area contributed by atoms with Crippen molar-refractivity contribution in [2.24, 2.45) is 7.05 Å². The average molecular weight is 369 g/mol. The minimum Gasteiger partial charge on any atom is -0.302 e. The molecule has 0 radical (unpaired) electrons. The smallest absolute Gasteiger partial charge is 0.226 e. The molecule has 2 aromatic heterocycles. The van der Waals surface area contributed by atoms with Crippen molar-refractivity contribution >= 4 is 22.4 Å². The van der Waals surface area contributed by atoms with Crippen LogP contribution in [0.25, 0.3) is 11.3 Å². The number of aryl methyl sites for hydroxylation is 2. The molecule has 1 amide bonds. The van der Waals surface area contributed by atoms with E-state index in [0.29, 0.717) is 18.0 Å². The van der Waals surface area contributed by atoms with Crippen molar-refractivity contribution in [1.82, 2.24) is 14.8 Å². The Morgan fingerprint density at radius 1 is 1.23 bits per heavy atom. The van der Waals surface area contributed by atoms with Crippen LogP contribution in [-0.2, 0) is 23.7 Å². The number of nitrogens with one attached hydrogen (secondary N) is 1. The first-order chi connectivity index (χ1) is 12.3. The summed E-state index contributed by atoms with van der Waals surface area (Å²) in [5.41, 5.74) is 4.43. The van der Waals surface area contributed by atoms with Gasteiger partial charge in [-0.2, -0.15) is 5.10 Å². The van der Waals surface area contributed by atoms with E-state index in [2.05, 4.69) is 60.4 Å². The van der Waals surface area contributed by atoms with Crippen LogP contribution < -0.4 is 5.32 Å². The highest BCUT2D eigenvalue weighted by Gasteiger charge is 2.14. The van der Waals surface area contributed by atoms with E-state index < -0.39 is 0 Å². The summed E-state index contributed by atoms with van der Waals surface area (Å²) in [7, 11) is 1.87. The second kappa shape index (κ2) is 7.41. The number of hydrogen-bond donors (Lipinski definition) is 1. The van der Waals surface area contributed by atoms with E-state index >= 15 is 0 Å². The molecule has 26 heavy (non-hydrogen) atoms. The monoisotopic (exact) mass is 368 g/mol. The number of aromatic nitrogens is 3. The molecule has 0 aliphatic rings. The van der Waals surface area contributed by atoms with Gasteiger partial charge in [-0.1, -0.05) is 45.0 Å². The molecule has 0 unspecified atom stereocenters. The summed E-state index contributed by atoms with van der Waals surface area (Å²) in [6.07, 6.45) is 4.80. The predicted octanol–water partition coefficient (Wildman–Crippen LogP) is 4.41. The Kier molecular flexibility index (Phi) is 5.23. The van der Waals surface area contributed by atoms with E-state index in [4.69, 9.17) is 0 Å². The molecular weight excluding hydrogens is 344 g/mol. The van der Waals surface area contributed by atoms with Gasteiger partial charge in [0.25, 0.3) is 0 Å². The van der Waals surface area contributed by atoms with E-state index in [1.54, 1.807) is 10.9 Å². The van der Waals surface area contributed by atoms with Crippen LogP contribution in [0.2, 0.25) is 0 Å². The van der Waals surface area contributed by atoms with Gasteiger partial charge >= 0.3 is 0 Å². The van der Waals surface area contributed by atoms with Crippen LogP contribution >= 0.6 is 11.3 Å². The molecule has 0 bridgehead atoms. The topological polar surface area (TPSA) is 59.8 Å². The molecule has 3 aromatic rings. The minimum atomic E-state index is -0.0298. The van der Waals surface area contributed by atoms with Gasteiger partial charge in [0.15, 0.2) is 5.13 Å². The zero-order valence-corrected chi connectivity index (χ0v) is 16.4. The molecule has 3 rings (SSSR count). The molecule has 2 heterocycles. The molecule has 0 saturated carbocycles. The number of carbonyl (C=O) groups excluding carboxylic acids is 1. The molecule has 0 fully saturated rings. The van der Waals surface area contributed by atoms with Crippen molar-refractivity contribution in [3.05, 3.63) is 53.2 Å². The van der Waals surface area contributed by atoms with E-state index in [1.165, 1.54) is 16.9 Å². The number of benzene rings is 1. The Bertz CT molecular complexity index is 887. The number of amides is 1. The van der Waals surface area contributed by atoms with Crippen LogP contribution in [0.5, 0.6) is 0 Å². The van der Waals surface area contributed by atoms with Crippen LogP contribution in [0.3, 0.4) is 0 Å². The summed E-state index contributed by atoms with van der Waals surface area (Å²) in [5.74, 6) is -0.0298. The highest BCUT2D eigenvalue weighted by Crippen LogP contribution is 2.28. The van der Waals surface area contributed by atoms with E-state index in [0.717, 1.165) is 16.8 Å². The van der Waals surface area contributed by atoms with Gasteiger partial charge in [-0.05, 0) is 23.0 Å². The Morgan fingerprint density at radius 2 is 1.96 bits per heavy atom. The fourth-order valence-corrected chi connectivity index (χ4v) is 3.38. The van der Waals surface area contributed by atoms with E-state index in [1.807, 2.05) is 18.6 Å². The Balaban J connectivity index is 1.59. The quantitative estimate of drug-likeness (QED) is 0.725. The van der Waals surface area contributed by atoms with Gasteiger partial charge in [-0.25, -0.2) is 4.98 Å². The van der Waals surface area contributed by atoms with Crippen LogP contribution in [0, 0.1) is 0 Å². The zero-order chi connectivity index (χ0) is 18.7. The van der Waals surface area contributed by atoms with Crippen LogP contribution in [-0.4, -0.2) is 20.7 Å². The Morgan fingerprint density at radius 3 is 2.58 bits per heavy atom. The van der Waals surface area contributed by atoms with Gasteiger partial charge < -0.3 is 5.32 Å². The van der Waals surface area contributed by atoms with Gasteiger partial charge in [0.05, 0.1) is 11.9 Å². The minimum absolute atomic E-state index is 0.0298. The first kappa shape index (κ1) is 18.3. The lowest BCUT2D eigenvalue weighted by Gasteiger charge is -2.18. The van der Waals surface area contributed by atoms with Crippen LogP contribution in [0.4, 0.5) is 5.13 Å². The summed E-state index contributed by atoms with van der Waals surface area (Å²) >= 11 is 1.45. The molecule has 0 spiro atoms. The van der Waals surface area contributed by atoms with Crippen molar-refractivity contribution < 1.29 is 4.79 Å². The van der Waals surface area contributed by atoms with Gasteiger partial charge in [0.2, 0.25) is 5.91 Å². The maximum atomic E-state index is 12.1. The molecule has 136 valence electrons. The number of carbonyl (C=O) groups is 1. The van der Waals surface area contributed by atoms with Crippen molar-refractivity contribution in [2.45, 2.75) is 39.0 Å².